The summed E-state index contributed by atoms with van der Waals surface area (Å²) in [7, 11) is -1.89. The van der Waals surface area contributed by atoms with Gasteiger partial charge in [0.25, 0.3) is 10.0 Å². The Morgan fingerprint density at radius 3 is 2.47 bits per heavy atom. The van der Waals surface area contributed by atoms with Crippen LogP contribution in [0.25, 0.3) is 11.1 Å². The van der Waals surface area contributed by atoms with E-state index in [1.165, 1.54) is 17.5 Å². The maximum atomic E-state index is 13.4. The van der Waals surface area contributed by atoms with Gasteiger partial charge in [0, 0.05) is 44.3 Å². The lowest BCUT2D eigenvalue weighted by atomic mass is 9.74. The molecule has 2 aliphatic heterocycles. The van der Waals surface area contributed by atoms with Gasteiger partial charge in [0.1, 0.15) is 0 Å². The number of fused-ring (bicyclic) bond motifs is 1. The van der Waals surface area contributed by atoms with E-state index < -0.39 is 10.0 Å². The van der Waals surface area contributed by atoms with Crippen molar-refractivity contribution in [2.24, 2.45) is 7.05 Å². The second-order valence-electron chi connectivity index (χ2n) is 9.47. The number of nitrogens with zero attached hydrogens (tertiary/aromatic N) is 4. The van der Waals surface area contributed by atoms with Crippen molar-refractivity contribution in [2.75, 3.05) is 26.2 Å². The Morgan fingerprint density at radius 1 is 1.06 bits per heavy atom. The van der Waals surface area contributed by atoms with Gasteiger partial charge in [0.15, 0.2) is 5.03 Å². The van der Waals surface area contributed by atoms with E-state index in [-0.39, 0.29) is 29.6 Å². The molecule has 1 N–H and O–H groups in total. The van der Waals surface area contributed by atoms with Crippen LogP contribution in [-0.2, 0) is 17.1 Å². The van der Waals surface area contributed by atoms with Gasteiger partial charge in [-0.05, 0) is 48.6 Å². The van der Waals surface area contributed by atoms with Crippen LogP contribution >= 0.6 is 0 Å². The first-order valence-electron chi connectivity index (χ1n) is 11.9. The highest BCUT2D eigenvalue weighted by Gasteiger charge is 2.50. The van der Waals surface area contributed by atoms with Crippen molar-refractivity contribution in [3.8, 4) is 11.1 Å². The Kier molecular flexibility index (Phi) is 6.33. The van der Waals surface area contributed by atoms with Crippen LogP contribution in [0, 0.1) is 6.92 Å². The zero-order valence-corrected chi connectivity index (χ0v) is 20.5. The first kappa shape index (κ1) is 23.2. The fourth-order valence-corrected chi connectivity index (χ4v) is 7.03. The van der Waals surface area contributed by atoms with Gasteiger partial charge in [-0.25, -0.2) is 13.4 Å². The van der Waals surface area contributed by atoms with Crippen molar-refractivity contribution in [3.63, 3.8) is 0 Å². The number of rotatable bonds is 5. The first-order chi connectivity index (χ1) is 16.4. The minimum absolute atomic E-state index is 0.00631. The molecule has 8 heteroatoms. The third kappa shape index (κ3) is 4.09. The van der Waals surface area contributed by atoms with Crippen molar-refractivity contribution in [1.82, 2.24) is 18.8 Å². The van der Waals surface area contributed by atoms with Gasteiger partial charge in [-0.15, -0.1) is 0 Å². The van der Waals surface area contributed by atoms with E-state index in [2.05, 4.69) is 53.2 Å². The quantitative estimate of drug-likeness (QED) is 0.607. The van der Waals surface area contributed by atoms with E-state index in [9.17, 15) is 13.5 Å². The molecule has 7 nitrogen and oxygen atoms in total. The molecule has 3 aromatic rings. The molecule has 3 heterocycles. The van der Waals surface area contributed by atoms with E-state index in [0.29, 0.717) is 13.1 Å². The van der Waals surface area contributed by atoms with Crippen molar-refractivity contribution in [3.05, 3.63) is 72.2 Å². The third-order valence-corrected chi connectivity index (χ3v) is 9.12. The highest BCUT2D eigenvalue weighted by atomic mass is 32.2. The lowest BCUT2D eigenvalue weighted by Crippen LogP contribution is -2.67. The highest BCUT2D eigenvalue weighted by molar-refractivity contribution is 7.89. The predicted octanol–water partition coefficient (Wildman–Crippen LogP) is 3.01. The van der Waals surface area contributed by atoms with E-state index in [4.69, 9.17) is 0 Å². The summed E-state index contributed by atoms with van der Waals surface area (Å²) in [6.45, 7) is 3.95. The van der Waals surface area contributed by atoms with Gasteiger partial charge < -0.3 is 9.67 Å². The van der Waals surface area contributed by atoms with E-state index >= 15 is 0 Å². The maximum Gasteiger partial charge on any atom is 0.262 e. The smallest absolute Gasteiger partial charge is 0.262 e. The topological polar surface area (TPSA) is 78.7 Å². The first-order valence-corrected chi connectivity index (χ1v) is 13.3. The minimum Gasteiger partial charge on any atom is -0.395 e. The van der Waals surface area contributed by atoms with Gasteiger partial charge in [0.2, 0.25) is 0 Å². The fraction of sp³-hybridized carbons (Fsp3) is 0.423. The molecule has 1 aromatic heterocycles. The molecule has 5 rings (SSSR count). The Labute approximate surface area is 201 Å². The van der Waals surface area contributed by atoms with Gasteiger partial charge in [-0.1, -0.05) is 48.5 Å². The van der Waals surface area contributed by atoms with Crippen LogP contribution < -0.4 is 0 Å². The molecule has 2 saturated heterocycles. The zero-order chi connectivity index (χ0) is 23.9. The van der Waals surface area contributed by atoms with Crippen LogP contribution in [0.2, 0.25) is 0 Å². The number of benzene rings is 2. The summed E-state index contributed by atoms with van der Waals surface area (Å²) >= 11 is 0. The summed E-state index contributed by atoms with van der Waals surface area (Å²) in [5.74, 6) is 0.0791. The number of hydrogen-bond donors (Lipinski definition) is 1. The summed E-state index contributed by atoms with van der Waals surface area (Å²) in [5.41, 5.74) is 4.75. The molecule has 2 aromatic carbocycles. The van der Waals surface area contributed by atoms with Crippen molar-refractivity contribution < 1.29 is 13.5 Å². The molecular weight excluding hydrogens is 448 g/mol. The van der Waals surface area contributed by atoms with Crippen LogP contribution in [0.4, 0.5) is 0 Å². The summed E-state index contributed by atoms with van der Waals surface area (Å²) in [5, 5.41) is 10.3. The molecule has 2 fully saturated rings. The van der Waals surface area contributed by atoms with Gasteiger partial charge in [0.05, 0.1) is 12.9 Å². The van der Waals surface area contributed by atoms with Crippen LogP contribution in [-0.4, -0.2) is 70.6 Å². The third-order valence-electron chi connectivity index (χ3n) is 7.37. The largest absolute Gasteiger partial charge is 0.395 e. The Morgan fingerprint density at radius 2 is 1.79 bits per heavy atom. The monoisotopic (exact) mass is 480 g/mol. The van der Waals surface area contributed by atoms with Gasteiger partial charge in [-0.3, -0.25) is 4.90 Å². The zero-order valence-electron chi connectivity index (χ0n) is 19.7. The van der Waals surface area contributed by atoms with Crippen molar-refractivity contribution >= 4 is 10.0 Å². The molecule has 0 unspecified atom stereocenters. The average Bonchev–Trinajstić information content (AvgIpc) is 3.26. The molecule has 3 atom stereocenters. The molecule has 180 valence electrons. The summed E-state index contributed by atoms with van der Waals surface area (Å²) < 4.78 is 30.0. The van der Waals surface area contributed by atoms with Crippen LogP contribution in [0.5, 0.6) is 0 Å². The maximum absolute atomic E-state index is 13.4. The Bertz CT molecular complexity index is 1260. The number of imidazole rings is 1. The molecule has 2 aliphatic rings. The van der Waals surface area contributed by atoms with E-state index in [1.807, 2.05) is 12.1 Å². The van der Waals surface area contributed by atoms with Crippen molar-refractivity contribution in [2.45, 2.75) is 42.8 Å². The van der Waals surface area contributed by atoms with Crippen LogP contribution in [0.15, 0.2) is 66.1 Å². The molecule has 34 heavy (non-hydrogen) atoms. The lowest BCUT2D eigenvalue weighted by molar-refractivity contribution is -0.0554. The average molecular weight is 481 g/mol. The molecule has 0 saturated carbocycles. The summed E-state index contributed by atoms with van der Waals surface area (Å²) in [4.78, 5) is 6.40. The van der Waals surface area contributed by atoms with Gasteiger partial charge >= 0.3 is 0 Å². The van der Waals surface area contributed by atoms with E-state index in [0.717, 1.165) is 30.5 Å². The minimum atomic E-state index is -3.67. The molecule has 0 spiro atoms. The number of sulfonamides is 1. The normalized spacial score (nSPS) is 24.1. The molecule has 0 radical (unpaired) electrons. The van der Waals surface area contributed by atoms with Gasteiger partial charge in [-0.2, -0.15) is 4.31 Å². The molecule has 0 bridgehead atoms. The molecular formula is C26H32N4O3S. The standard InChI is InChI=1S/C26H32N4O3S/c1-19-7-3-4-8-22(19)20-9-11-21(12-10-20)26-23-15-29(13-5-6-14-30(23)24(26)17-31)34(32,33)25-16-28(2)18-27-25/h3-4,7-12,16,18,23-24,26,31H,5-6,13-15,17H2,1-2H3/t23-,24+,26+/m0/s1. The highest BCUT2D eigenvalue weighted by Crippen LogP contribution is 2.43. The number of hydrogen-bond acceptors (Lipinski definition) is 5. The van der Waals surface area contributed by atoms with Crippen LogP contribution in [0.1, 0.15) is 29.9 Å². The summed E-state index contributed by atoms with van der Waals surface area (Å²) in [6.07, 6.45) is 4.78. The van der Waals surface area contributed by atoms with Crippen molar-refractivity contribution in [1.29, 1.82) is 0 Å². The SMILES string of the molecule is Cc1ccccc1-c1ccc([C@H]2[C@@H](CO)N3CCCCN(S(=O)(=O)c4cn(C)cn4)C[C@@H]23)cc1. The Hall–Kier alpha value is -2.52. The second kappa shape index (κ2) is 9.26. The number of aliphatic hydroxyl groups is 1. The molecule has 0 aliphatic carbocycles. The number of aliphatic hydroxyl groups excluding tert-OH is 1. The van der Waals surface area contributed by atoms with Crippen LogP contribution in [0.3, 0.4) is 0 Å². The second-order valence-corrected chi connectivity index (χ2v) is 11.4. The fourth-order valence-electron chi connectivity index (χ4n) is 5.56. The number of aromatic nitrogens is 2. The van der Waals surface area contributed by atoms with E-state index in [1.54, 1.807) is 22.1 Å². The molecule has 0 amide bonds. The summed E-state index contributed by atoms with van der Waals surface area (Å²) in [6, 6.07) is 16.9. The lowest BCUT2D eigenvalue weighted by Gasteiger charge is -2.57. The Balaban J connectivity index is 1.43. The number of aryl methyl sites for hydroxylation is 2. The predicted molar refractivity (Wildman–Crippen MR) is 132 cm³/mol.